The third-order valence-electron chi connectivity index (χ3n) is 8.56. The van der Waals surface area contributed by atoms with E-state index in [-0.39, 0.29) is 29.1 Å². The van der Waals surface area contributed by atoms with Gasteiger partial charge in [0.2, 0.25) is 11.8 Å². The zero-order valence-corrected chi connectivity index (χ0v) is 23.3. The summed E-state index contributed by atoms with van der Waals surface area (Å²) in [5, 5.41) is 2.89. The van der Waals surface area contributed by atoms with Crippen molar-refractivity contribution in [3.63, 3.8) is 0 Å². The third-order valence-corrected chi connectivity index (χ3v) is 8.56. The second kappa shape index (κ2) is 12.3. The Kier molecular flexibility index (Phi) is 9.26. The van der Waals surface area contributed by atoms with Crippen molar-refractivity contribution in [2.24, 2.45) is 11.3 Å². The lowest BCUT2D eigenvalue weighted by Gasteiger charge is -2.46. The van der Waals surface area contributed by atoms with Gasteiger partial charge in [-0.1, -0.05) is 13.8 Å². The number of carbonyl (C=O) groups excluding carboxylic acids is 3. The van der Waals surface area contributed by atoms with Gasteiger partial charge in [0.1, 0.15) is 23.2 Å². The van der Waals surface area contributed by atoms with Gasteiger partial charge in [0, 0.05) is 24.4 Å². The molecule has 1 N–H and O–H groups in total. The summed E-state index contributed by atoms with van der Waals surface area (Å²) in [7, 11) is 1.07. The number of benzene rings is 1. The summed E-state index contributed by atoms with van der Waals surface area (Å²) in [6.45, 7) is 7.23. The van der Waals surface area contributed by atoms with Crippen LogP contribution in [0.15, 0.2) is 12.1 Å². The molecule has 8 nitrogen and oxygen atoms in total. The number of fused-ring (bicyclic) bond motifs is 3. The van der Waals surface area contributed by atoms with Crippen molar-refractivity contribution in [3.8, 4) is 0 Å². The highest BCUT2D eigenvalue weighted by Crippen LogP contribution is 2.43. The summed E-state index contributed by atoms with van der Waals surface area (Å²) in [4.78, 5) is 39.6. The van der Waals surface area contributed by atoms with Crippen LogP contribution in [-0.4, -0.2) is 74.3 Å². The molecular formula is C29H40F2N2O6. The summed E-state index contributed by atoms with van der Waals surface area (Å²) in [6, 6.07) is 1.49. The van der Waals surface area contributed by atoms with E-state index in [1.165, 1.54) is 12.1 Å². The van der Waals surface area contributed by atoms with Gasteiger partial charge >= 0.3 is 5.97 Å². The number of likely N-dealkylation sites (tertiary alicyclic amines) is 1. The van der Waals surface area contributed by atoms with Crippen molar-refractivity contribution in [2.75, 3.05) is 33.4 Å². The predicted octanol–water partition coefficient (Wildman–Crippen LogP) is 3.96. The van der Waals surface area contributed by atoms with E-state index in [2.05, 4.69) is 10.1 Å². The van der Waals surface area contributed by atoms with Crippen LogP contribution in [-0.2, 0) is 23.8 Å². The molecule has 1 saturated carbocycles. The molecule has 4 aliphatic rings. The second-order valence-electron chi connectivity index (χ2n) is 11.6. The maximum Gasteiger partial charge on any atom is 0.343 e. The van der Waals surface area contributed by atoms with Crippen LogP contribution in [0.25, 0.3) is 0 Å². The monoisotopic (exact) mass is 550 g/mol. The Morgan fingerprint density at radius 3 is 2.21 bits per heavy atom. The van der Waals surface area contributed by atoms with Gasteiger partial charge in [-0.3, -0.25) is 9.59 Å². The number of halogens is 2. The van der Waals surface area contributed by atoms with Crippen LogP contribution in [0.5, 0.6) is 0 Å². The molecule has 3 heterocycles. The maximum atomic E-state index is 14.5. The van der Waals surface area contributed by atoms with Crippen molar-refractivity contribution in [3.05, 3.63) is 34.9 Å². The number of amides is 2. The van der Waals surface area contributed by atoms with Crippen molar-refractivity contribution >= 4 is 17.8 Å². The molecule has 2 amide bonds. The lowest BCUT2D eigenvalue weighted by molar-refractivity contribution is -0.158. The number of carbonyl (C=O) groups is 3. The Hall–Kier alpha value is -2.59. The lowest BCUT2D eigenvalue weighted by atomic mass is 9.72. The molecule has 1 aromatic rings. The highest BCUT2D eigenvalue weighted by molar-refractivity contribution is 5.90. The highest BCUT2D eigenvalue weighted by atomic mass is 19.1. The normalized spacial score (nSPS) is 24.9. The SMILES string of the molecule is COC(=O)c1c(F)cc(C2CCN(C(=O)C(NC(=O)C(C)C)[C@@H](C)OCC34CCC(CC3)OC4)CC2)cc1F. The first-order chi connectivity index (χ1) is 18.5. The van der Waals surface area contributed by atoms with Crippen molar-refractivity contribution in [1.82, 2.24) is 10.2 Å². The predicted molar refractivity (Wildman–Crippen MR) is 139 cm³/mol. The summed E-state index contributed by atoms with van der Waals surface area (Å²) >= 11 is 0. The standard InChI is InChI=1S/C29H40F2N2O6/c1-17(2)26(34)32-25(18(3)38-15-29-9-5-21(6-10-29)39-16-29)27(35)33-11-7-19(8-12-33)20-13-22(30)24(23(31)14-20)28(36)37-4/h13-14,17-19,21,25H,5-12,15-16H2,1-4H3,(H,32,34)/t18-,21?,25?,29?/m1/s1. The first-order valence-corrected chi connectivity index (χ1v) is 13.9. The van der Waals surface area contributed by atoms with E-state index < -0.39 is 35.3 Å². The van der Waals surface area contributed by atoms with E-state index in [1.807, 2.05) is 6.92 Å². The minimum absolute atomic E-state index is 0.0367. The smallest absolute Gasteiger partial charge is 0.343 e. The number of nitrogens with zero attached hydrogens (tertiary/aromatic N) is 1. The molecule has 2 atom stereocenters. The minimum atomic E-state index is -1.06. The van der Waals surface area contributed by atoms with E-state index in [1.54, 1.807) is 18.7 Å². The quantitative estimate of drug-likeness (QED) is 0.468. The molecule has 10 heteroatoms. The summed E-state index contributed by atoms with van der Waals surface area (Å²) in [5.41, 5.74) is -0.306. The fourth-order valence-electron chi connectivity index (χ4n) is 5.85. The van der Waals surface area contributed by atoms with E-state index in [4.69, 9.17) is 9.47 Å². The Morgan fingerprint density at radius 1 is 1.08 bits per heavy atom. The molecule has 0 radical (unpaired) electrons. The Bertz CT molecular complexity index is 1030. The van der Waals surface area contributed by atoms with Crippen LogP contribution in [0.2, 0.25) is 0 Å². The third kappa shape index (κ3) is 6.60. The van der Waals surface area contributed by atoms with E-state index in [9.17, 15) is 23.2 Å². The van der Waals surface area contributed by atoms with Gasteiger partial charge in [-0.25, -0.2) is 13.6 Å². The van der Waals surface area contributed by atoms with Crippen LogP contribution >= 0.6 is 0 Å². The van der Waals surface area contributed by atoms with Gasteiger partial charge in [0.25, 0.3) is 0 Å². The molecule has 4 fully saturated rings. The molecule has 0 aromatic heterocycles. The maximum absolute atomic E-state index is 14.5. The summed E-state index contributed by atoms with van der Waals surface area (Å²) in [5.74, 6) is -3.92. The first kappa shape index (κ1) is 29.4. The van der Waals surface area contributed by atoms with Gasteiger partial charge in [-0.15, -0.1) is 0 Å². The van der Waals surface area contributed by atoms with Crippen molar-refractivity contribution in [1.29, 1.82) is 0 Å². The average molecular weight is 551 g/mol. The minimum Gasteiger partial charge on any atom is -0.465 e. The number of rotatable bonds is 9. The van der Waals surface area contributed by atoms with Crippen molar-refractivity contribution in [2.45, 2.75) is 83.5 Å². The van der Waals surface area contributed by atoms with Crippen molar-refractivity contribution < 1.29 is 37.4 Å². The molecule has 0 spiro atoms. The van der Waals surface area contributed by atoms with Crippen LogP contribution < -0.4 is 5.32 Å². The average Bonchev–Trinajstić information content (AvgIpc) is 2.94. The largest absolute Gasteiger partial charge is 0.465 e. The molecule has 39 heavy (non-hydrogen) atoms. The molecule has 216 valence electrons. The number of nitrogens with one attached hydrogen (secondary N) is 1. The van der Waals surface area contributed by atoms with Gasteiger partial charge in [-0.2, -0.15) is 0 Å². The van der Waals surface area contributed by atoms with Gasteiger partial charge in [0.05, 0.1) is 32.5 Å². The Labute approximate surface area is 228 Å². The van der Waals surface area contributed by atoms with E-state index in [0.29, 0.717) is 50.8 Å². The highest BCUT2D eigenvalue weighted by Gasteiger charge is 2.43. The number of methoxy groups -OCH3 is 1. The van der Waals surface area contributed by atoms with Crippen LogP contribution in [0, 0.1) is 23.0 Å². The van der Waals surface area contributed by atoms with Crippen LogP contribution in [0.4, 0.5) is 8.78 Å². The van der Waals surface area contributed by atoms with E-state index in [0.717, 1.165) is 32.8 Å². The molecule has 1 aromatic carbocycles. The molecule has 3 saturated heterocycles. The zero-order valence-electron chi connectivity index (χ0n) is 23.3. The number of piperidine rings is 1. The number of hydrogen-bond acceptors (Lipinski definition) is 6. The fraction of sp³-hybridized carbons (Fsp3) is 0.690. The molecule has 5 rings (SSSR count). The Balaban J connectivity index is 1.40. The Morgan fingerprint density at radius 2 is 1.69 bits per heavy atom. The van der Waals surface area contributed by atoms with Gasteiger partial charge in [-0.05, 0) is 69.1 Å². The number of ether oxygens (including phenoxy) is 3. The summed E-state index contributed by atoms with van der Waals surface area (Å²) < 4.78 is 45.6. The first-order valence-electron chi connectivity index (χ1n) is 13.9. The molecule has 1 unspecified atom stereocenters. The summed E-state index contributed by atoms with van der Waals surface area (Å²) in [6.07, 6.45) is 4.92. The van der Waals surface area contributed by atoms with Gasteiger partial charge in [0.15, 0.2) is 0 Å². The molecule has 2 bridgehead atoms. The zero-order chi connectivity index (χ0) is 28.3. The molecule has 3 aliphatic heterocycles. The van der Waals surface area contributed by atoms with Crippen LogP contribution in [0.1, 0.15) is 81.1 Å². The van der Waals surface area contributed by atoms with Crippen LogP contribution in [0.3, 0.4) is 0 Å². The van der Waals surface area contributed by atoms with Gasteiger partial charge < -0.3 is 24.4 Å². The topological polar surface area (TPSA) is 94.2 Å². The van der Waals surface area contributed by atoms with E-state index >= 15 is 0 Å². The number of esters is 1. The number of hydrogen-bond donors (Lipinski definition) is 1. The molecule has 1 aliphatic carbocycles. The second-order valence-corrected chi connectivity index (χ2v) is 11.6. The lowest BCUT2D eigenvalue weighted by Crippen LogP contribution is -2.57. The fourth-order valence-corrected chi connectivity index (χ4v) is 5.85. The molecular weight excluding hydrogens is 510 g/mol.